The lowest BCUT2D eigenvalue weighted by atomic mass is 10.0. The smallest absolute Gasteiger partial charge is 0.245 e. The second kappa shape index (κ2) is 5.77. The number of ether oxygens (including phenoxy) is 1. The molecule has 2 aliphatic heterocycles. The third-order valence-corrected chi connectivity index (χ3v) is 4.52. The molecule has 1 fully saturated rings. The van der Waals surface area contributed by atoms with Crippen molar-refractivity contribution >= 4 is 11.7 Å². The van der Waals surface area contributed by atoms with E-state index in [0.29, 0.717) is 19.0 Å². The first-order chi connectivity index (χ1) is 10.1. The summed E-state index contributed by atoms with van der Waals surface area (Å²) in [5, 5.41) is 7.47. The normalized spacial score (nSPS) is 20.1. The van der Waals surface area contributed by atoms with E-state index in [4.69, 9.17) is 4.74 Å². The van der Waals surface area contributed by atoms with Crippen molar-refractivity contribution in [3.8, 4) is 0 Å². The number of rotatable bonds is 3. The highest BCUT2D eigenvalue weighted by Gasteiger charge is 2.35. The molecular formula is C15H24N4O2. The van der Waals surface area contributed by atoms with Crippen LogP contribution in [0.5, 0.6) is 0 Å². The third-order valence-electron chi connectivity index (χ3n) is 4.52. The second-order valence-corrected chi connectivity index (χ2v) is 6.31. The van der Waals surface area contributed by atoms with E-state index in [9.17, 15) is 4.79 Å². The molecule has 0 atom stereocenters. The fourth-order valence-electron chi connectivity index (χ4n) is 3.01. The first-order valence-electron chi connectivity index (χ1n) is 7.78. The number of carbonyl (C=O) groups is 1. The summed E-state index contributed by atoms with van der Waals surface area (Å²) < 4.78 is 7.37. The van der Waals surface area contributed by atoms with Crippen molar-refractivity contribution in [1.82, 2.24) is 14.7 Å². The molecule has 0 aliphatic carbocycles. The minimum absolute atomic E-state index is 0.000142. The molecule has 6 nitrogen and oxygen atoms in total. The van der Waals surface area contributed by atoms with Crippen molar-refractivity contribution in [2.45, 2.75) is 45.2 Å². The molecule has 1 aromatic rings. The Balaban J connectivity index is 1.68. The number of carbonyl (C=O) groups excluding carboxylic acids is 1. The summed E-state index contributed by atoms with van der Waals surface area (Å²) in [4.78, 5) is 14.8. The van der Waals surface area contributed by atoms with Crippen LogP contribution in [0.4, 0.5) is 5.82 Å². The first-order valence-corrected chi connectivity index (χ1v) is 7.78. The number of nitrogens with one attached hydrogen (secondary N) is 1. The van der Waals surface area contributed by atoms with Crippen molar-refractivity contribution in [3.05, 3.63) is 11.8 Å². The lowest BCUT2D eigenvalue weighted by Crippen LogP contribution is -2.56. The highest BCUT2D eigenvalue weighted by Crippen LogP contribution is 2.21. The van der Waals surface area contributed by atoms with Gasteiger partial charge >= 0.3 is 0 Å². The highest BCUT2D eigenvalue weighted by atomic mass is 16.5. The van der Waals surface area contributed by atoms with Gasteiger partial charge in [-0.25, -0.2) is 0 Å². The van der Waals surface area contributed by atoms with Gasteiger partial charge in [0, 0.05) is 31.4 Å². The Morgan fingerprint density at radius 1 is 1.29 bits per heavy atom. The predicted molar refractivity (Wildman–Crippen MR) is 80.3 cm³/mol. The summed E-state index contributed by atoms with van der Waals surface area (Å²) in [6.45, 7) is 7.84. The number of aromatic nitrogens is 2. The number of fused-ring (bicyclic) bond motifs is 1. The Kier molecular flexibility index (Phi) is 3.99. The molecule has 1 N–H and O–H groups in total. The maximum absolute atomic E-state index is 12.6. The molecule has 1 amide bonds. The lowest BCUT2D eigenvalue weighted by Gasteiger charge is -2.39. The maximum atomic E-state index is 12.6. The molecule has 1 aromatic heterocycles. The molecule has 0 bridgehead atoms. The van der Waals surface area contributed by atoms with E-state index in [0.717, 1.165) is 26.1 Å². The van der Waals surface area contributed by atoms with Gasteiger partial charge in [-0.2, -0.15) is 5.10 Å². The summed E-state index contributed by atoms with van der Waals surface area (Å²) in [6, 6.07) is 2.01. The number of anilines is 1. The summed E-state index contributed by atoms with van der Waals surface area (Å²) in [7, 11) is 0. The number of aryl methyl sites for hydroxylation is 2. The molecule has 0 spiro atoms. The molecule has 0 aromatic carbocycles. The van der Waals surface area contributed by atoms with Gasteiger partial charge in [-0.3, -0.25) is 14.4 Å². The van der Waals surface area contributed by atoms with Crippen LogP contribution >= 0.6 is 0 Å². The van der Waals surface area contributed by atoms with E-state index in [-0.39, 0.29) is 5.91 Å². The first kappa shape index (κ1) is 14.5. The Bertz CT molecular complexity index is 494. The second-order valence-electron chi connectivity index (χ2n) is 6.31. The monoisotopic (exact) mass is 292 g/mol. The minimum Gasteiger partial charge on any atom is -0.379 e. The van der Waals surface area contributed by atoms with E-state index in [2.05, 4.69) is 15.3 Å². The largest absolute Gasteiger partial charge is 0.379 e. The van der Waals surface area contributed by atoms with Crippen LogP contribution in [0.2, 0.25) is 0 Å². The van der Waals surface area contributed by atoms with E-state index in [1.807, 2.05) is 24.6 Å². The minimum atomic E-state index is -0.548. The standard InChI is InChI=1S/C15H24N4O2/c1-15(2,18-7-9-21-10-8-18)14(20)16-13-11-12-5-3-4-6-19(12)17-13/h11H,3-10H2,1-2H3,(H,16,17,20). The van der Waals surface area contributed by atoms with Crippen LogP contribution in [0, 0.1) is 0 Å². The highest BCUT2D eigenvalue weighted by molar-refractivity contribution is 5.96. The fourth-order valence-corrected chi connectivity index (χ4v) is 3.01. The van der Waals surface area contributed by atoms with Crippen LogP contribution in [0.1, 0.15) is 32.4 Å². The zero-order chi connectivity index (χ0) is 14.9. The quantitative estimate of drug-likeness (QED) is 0.911. The molecule has 6 heteroatoms. The number of amides is 1. The zero-order valence-electron chi connectivity index (χ0n) is 12.9. The lowest BCUT2D eigenvalue weighted by molar-refractivity contribution is -0.129. The van der Waals surface area contributed by atoms with Crippen LogP contribution < -0.4 is 5.32 Å². The third kappa shape index (κ3) is 2.96. The Hall–Kier alpha value is -1.40. The van der Waals surface area contributed by atoms with Crippen LogP contribution in [0.3, 0.4) is 0 Å². The van der Waals surface area contributed by atoms with E-state index < -0.39 is 5.54 Å². The van der Waals surface area contributed by atoms with Gasteiger partial charge in [-0.05, 0) is 33.1 Å². The average Bonchev–Trinajstić information content (AvgIpc) is 2.90. The summed E-state index contributed by atoms with van der Waals surface area (Å²) in [5.41, 5.74) is 0.675. The van der Waals surface area contributed by atoms with Gasteiger partial charge < -0.3 is 10.1 Å². The average molecular weight is 292 g/mol. The van der Waals surface area contributed by atoms with E-state index in [1.165, 1.54) is 18.5 Å². The maximum Gasteiger partial charge on any atom is 0.245 e. The molecule has 3 heterocycles. The molecule has 21 heavy (non-hydrogen) atoms. The van der Waals surface area contributed by atoms with Gasteiger partial charge in [-0.15, -0.1) is 0 Å². The SMILES string of the molecule is CC(C)(C(=O)Nc1cc2n(n1)CCCC2)N1CCOCC1. The number of nitrogens with zero attached hydrogens (tertiary/aromatic N) is 3. The number of hydrogen-bond acceptors (Lipinski definition) is 4. The van der Waals surface area contributed by atoms with Crippen molar-refractivity contribution in [3.63, 3.8) is 0 Å². The zero-order valence-corrected chi connectivity index (χ0v) is 12.9. The van der Waals surface area contributed by atoms with Crippen LogP contribution in [-0.4, -0.2) is 52.4 Å². The van der Waals surface area contributed by atoms with Crippen molar-refractivity contribution in [1.29, 1.82) is 0 Å². The van der Waals surface area contributed by atoms with Gasteiger partial charge in [-0.1, -0.05) is 0 Å². The van der Waals surface area contributed by atoms with Gasteiger partial charge in [0.25, 0.3) is 0 Å². The molecular weight excluding hydrogens is 268 g/mol. The number of morpholine rings is 1. The molecule has 0 unspecified atom stereocenters. The van der Waals surface area contributed by atoms with Crippen molar-refractivity contribution < 1.29 is 9.53 Å². The molecule has 0 radical (unpaired) electrons. The molecule has 1 saturated heterocycles. The summed E-state index contributed by atoms with van der Waals surface area (Å²) >= 11 is 0. The topological polar surface area (TPSA) is 59.4 Å². The van der Waals surface area contributed by atoms with Gasteiger partial charge in [0.05, 0.1) is 18.8 Å². The summed E-state index contributed by atoms with van der Waals surface area (Å²) in [5.74, 6) is 0.679. The van der Waals surface area contributed by atoms with E-state index >= 15 is 0 Å². The van der Waals surface area contributed by atoms with Crippen molar-refractivity contribution in [2.24, 2.45) is 0 Å². The molecule has 0 saturated carbocycles. The van der Waals surface area contributed by atoms with Crippen LogP contribution in [-0.2, 0) is 22.5 Å². The van der Waals surface area contributed by atoms with Crippen LogP contribution in [0.15, 0.2) is 6.07 Å². The van der Waals surface area contributed by atoms with Gasteiger partial charge in [0.1, 0.15) is 0 Å². The summed E-state index contributed by atoms with van der Waals surface area (Å²) in [6.07, 6.45) is 3.43. The van der Waals surface area contributed by atoms with Crippen LogP contribution in [0.25, 0.3) is 0 Å². The molecule has 2 aliphatic rings. The Morgan fingerprint density at radius 2 is 2.05 bits per heavy atom. The fraction of sp³-hybridized carbons (Fsp3) is 0.733. The predicted octanol–water partition coefficient (Wildman–Crippen LogP) is 1.27. The van der Waals surface area contributed by atoms with Crippen molar-refractivity contribution in [2.75, 3.05) is 31.6 Å². The van der Waals surface area contributed by atoms with Gasteiger partial charge in [0.2, 0.25) is 5.91 Å². The van der Waals surface area contributed by atoms with E-state index in [1.54, 1.807) is 0 Å². The number of hydrogen-bond donors (Lipinski definition) is 1. The Morgan fingerprint density at radius 3 is 2.76 bits per heavy atom. The Labute approximate surface area is 125 Å². The van der Waals surface area contributed by atoms with Gasteiger partial charge in [0.15, 0.2) is 5.82 Å². The molecule has 3 rings (SSSR count). The molecule has 116 valence electrons.